The molecule has 0 saturated heterocycles. The van der Waals surface area contributed by atoms with Crippen LogP contribution in [0.1, 0.15) is 44.1 Å². The van der Waals surface area contributed by atoms with E-state index in [1.807, 2.05) is 7.05 Å². The summed E-state index contributed by atoms with van der Waals surface area (Å²) in [5, 5.41) is 8.76. The normalized spacial score (nSPS) is 11.1. The van der Waals surface area contributed by atoms with Crippen molar-refractivity contribution in [1.82, 2.24) is 24.9 Å². The average molecular weight is 340 g/mol. The fraction of sp³-hybridized carbons (Fsp3) is 0.765. The lowest BCUT2D eigenvalue weighted by molar-refractivity contribution is 0.299. The van der Waals surface area contributed by atoms with Crippen molar-refractivity contribution in [3.63, 3.8) is 0 Å². The maximum absolute atomic E-state index is 5.51. The second kappa shape index (κ2) is 9.88. The summed E-state index contributed by atoms with van der Waals surface area (Å²) in [5.41, 5.74) is 3.61. The maximum atomic E-state index is 5.51. The molecule has 0 aliphatic heterocycles. The van der Waals surface area contributed by atoms with Gasteiger partial charge in [0.1, 0.15) is 0 Å². The smallest absolute Gasteiger partial charge is 0.168 e. The summed E-state index contributed by atoms with van der Waals surface area (Å²) in [6, 6.07) is 0. The standard InChI is InChI=1S/C17H33N5S/c1-7-21(8-2)12-10-11-18-17(23)20(6)13-16-14(4)19-22(9-3)15(16)5/h7-13H2,1-6H3,(H,18,23). The van der Waals surface area contributed by atoms with Crippen LogP contribution in [0.3, 0.4) is 0 Å². The summed E-state index contributed by atoms with van der Waals surface area (Å²) in [7, 11) is 2.04. The molecule has 132 valence electrons. The molecule has 0 saturated carbocycles. The monoisotopic (exact) mass is 339 g/mol. The number of aromatic nitrogens is 2. The van der Waals surface area contributed by atoms with Gasteiger partial charge in [-0.1, -0.05) is 13.8 Å². The Labute approximate surface area is 147 Å². The third-order valence-electron chi connectivity index (χ3n) is 4.39. The Bertz CT molecular complexity index is 493. The van der Waals surface area contributed by atoms with Crippen LogP contribution in [0, 0.1) is 13.8 Å². The summed E-state index contributed by atoms with van der Waals surface area (Å²) in [6.45, 7) is 16.7. The molecule has 0 atom stereocenters. The van der Waals surface area contributed by atoms with Gasteiger partial charge in [-0.15, -0.1) is 0 Å². The van der Waals surface area contributed by atoms with Gasteiger partial charge < -0.3 is 15.1 Å². The first kappa shape index (κ1) is 19.9. The van der Waals surface area contributed by atoms with E-state index in [1.165, 1.54) is 11.3 Å². The third kappa shape index (κ3) is 5.77. The highest BCUT2D eigenvalue weighted by molar-refractivity contribution is 7.80. The molecule has 0 spiro atoms. The Morgan fingerprint density at radius 2 is 1.87 bits per heavy atom. The number of thiocarbonyl (C=S) groups is 1. The van der Waals surface area contributed by atoms with Gasteiger partial charge in [0.15, 0.2) is 5.11 Å². The minimum Gasteiger partial charge on any atom is -0.363 e. The van der Waals surface area contributed by atoms with Crippen LogP contribution in [0.4, 0.5) is 0 Å². The van der Waals surface area contributed by atoms with E-state index >= 15 is 0 Å². The topological polar surface area (TPSA) is 36.3 Å². The molecule has 1 rings (SSSR count). The predicted octanol–water partition coefficient (Wildman–Crippen LogP) is 2.56. The van der Waals surface area contributed by atoms with Crippen molar-refractivity contribution in [1.29, 1.82) is 0 Å². The molecule has 0 radical (unpaired) electrons. The molecule has 0 fully saturated rings. The van der Waals surface area contributed by atoms with Crippen molar-refractivity contribution in [2.45, 2.75) is 54.1 Å². The van der Waals surface area contributed by atoms with Crippen molar-refractivity contribution >= 4 is 17.3 Å². The quantitative estimate of drug-likeness (QED) is 0.553. The minimum atomic E-state index is 0.805. The van der Waals surface area contributed by atoms with E-state index in [1.54, 1.807) is 0 Å². The number of rotatable bonds is 9. The second-order valence-electron chi connectivity index (χ2n) is 5.93. The Morgan fingerprint density at radius 3 is 2.39 bits per heavy atom. The van der Waals surface area contributed by atoms with Crippen LogP contribution >= 0.6 is 12.2 Å². The summed E-state index contributed by atoms with van der Waals surface area (Å²) in [4.78, 5) is 4.53. The summed E-state index contributed by atoms with van der Waals surface area (Å²) < 4.78 is 2.05. The molecule has 0 aromatic carbocycles. The van der Waals surface area contributed by atoms with Gasteiger partial charge in [0.25, 0.3) is 0 Å². The summed E-state index contributed by atoms with van der Waals surface area (Å²) in [6.07, 6.45) is 1.11. The van der Waals surface area contributed by atoms with Gasteiger partial charge in [-0.3, -0.25) is 4.68 Å². The highest BCUT2D eigenvalue weighted by Crippen LogP contribution is 2.15. The molecule has 0 aliphatic rings. The Balaban J connectivity index is 2.44. The third-order valence-corrected chi connectivity index (χ3v) is 4.85. The molecular formula is C17H33N5S. The van der Waals surface area contributed by atoms with Gasteiger partial charge in [-0.2, -0.15) is 5.10 Å². The molecule has 1 N–H and O–H groups in total. The van der Waals surface area contributed by atoms with Gasteiger partial charge in [0.2, 0.25) is 0 Å². The van der Waals surface area contributed by atoms with Crippen molar-refractivity contribution in [2.75, 3.05) is 33.2 Å². The number of hydrogen-bond donors (Lipinski definition) is 1. The molecule has 6 heteroatoms. The Morgan fingerprint density at radius 1 is 1.22 bits per heavy atom. The van der Waals surface area contributed by atoms with Gasteiger partial charge in [-0.05, 0) is 59.0 Å². The number of aryl methyl sites for hydroxylation is 2. The van der Waals surface area contributed by atoms with Gasteiger partial charge in [0.05, 0.1) is 5.69 Å². The van der Waals surface area contributed by atoms with Crippen LogP contribution in [-0.4, -0.2) is 57.9 Å². The largest absolute Gasteiger partial charge is 0.363 e. The van der Waals surface area contributed by atoms with E-state index in [2.05, 4.69) is 59.5 Å². The van der Waals surface area contributed by atoms with Crippen LogP contribution in [0.2, 0.25) is 0 Å². The number of nitrogens with one attached hydrogen (secondary N) is 1. The molecule has 23 heavy (non-hydrogen) atoms. The highest BCUT2D eigenvalue weighted by atomic mass is 32.1. The van der Waals surface area contributed by atoms with E-state index in [0.717, 1.165) is 56.5 Å². The number of nitrogens with zero attached hydrogens (tertiary/aromatic N) is 4. The van der Waals surface area contributed by atoms with E-state index in [0.29, 0.717) is 0 Å². The molecule has 0 aliphatic carbocycles. The fourth-order valence-corrected chi connectivity index (χ4v) is 2.92. The van der Waals surface area contributed by atoms with Gasteiger partial charge in [0, 0.05) is 37.9 Å². The number of hydrogen-bond acceptors (Lipinski definition) is 3. The zero-order valence-corrected chi connectivity index (χ0v) is 16.5. The van der Waals surface area contributed by atoms with Crippen molar-refractivity contribution < 1.29 is 0 Å². The van der Waals surface area contributed by atoms with E-state index in [9.17, 15) is 0 Å². The van der Waals surface area contributed by atoms with Gasteiger partial charge >= 0.3 is 0 Å². The van der Waals surface area contributed by atoms with E-state index < -0.39 is 0 Å². The molecule has 1 aromatic rings. The van der Waals surface area contributed by atoms with E-state index in [-0.39, 0.29) is 0 Å². The van der Waals surface area contributed by atoms with Gasteiger partial charge in [-0.25, -0.2) is 0 Å². The second-order valence-corrected chi connectivity index (χ2v) is 6.32. The summed E-state index contributed by atoms with van der Waals surface area (Å²) >= 11 is 5.51. The first-order chi connectivity index (χ1) is 10.9. The van der Waals surface area contributed by atoms with Crippen molar-refractivity contribution in [3.8, 4) is 0 Å². The van der Waals surface area contributed by atoms with Crippen molar-refractivity contribution in [3.05, 3.63) is 17.0 Å². The highest BCUT2D eigenvalue weighted by Gasteiger charge is 2.14. The molecule has 0 amide bonds. The Hall–Kier alpha value is -1.14. The first-order valence-electron chi connectivity index (χ1n) is 8.68. The zero-order valence-electron chi connectivity index (χ0n) is 15.6. The maximum Gasteiger partial charge on any atom is 0.168 e. The molecular weight excluding hydrogens is 306 g/mol. The van der Waals surface area contributed by atoms with Crippen LogP contribution in [0.15, 0.2) is 0 Å². The molecule has 5 nitrogen and oxygen atoms in total. The molecule has 1 heterocycles. The van der Waals surface area contributed by atoms with Crippen LogP contribution in [0.5, 0.6) is 0 Å². The minimum absolute atomic E-state index is 0.805. The SMILES string of the molecule is CCN(CC)CCCNC(=S)N(C)Cc1c(C)nn(CC)c1C. The van der Waals surface area contributed by atoms with E-state index in [4.69, 9.17) is 12.2 Å². The zero-order chi connectivity index (χ0) is 17.4. The first-order valence-corrected chi connectivity index (χ1v) is 9.09. The average Bonchev–Trinajstić information content (AvgIpc) is 2.82. The van der Waals surface area contributed by atoms with Crippen LogP contribution in [-0.2, 0) is 13.1 Å². The molecule has 0 unspecified atom stereocenters. The van der Waals surface area contributed by atoms with Crippen LogP contribution in [0.25, 0.3) is 0 Å². The lowest BCUT2D eigenvalue weighted by Gasteiger charge is -2.22. The summed E-state index contributed by atoms with van der Waals surface area (Å²) in [5.74, 6) is 0. The molecule has 0 bridgehead atoms. The molecule has 1 aromatic heterocycles. The fourth-order valence-electron chi connectivity index (χ4n) is 2.75. The van der Waals surface area contributed by atoms with Crippen molar-refractivity contribution in [2.24, 2.45) is 0 Å². The Kier molecular flexibility index (Phi) is 8.55. The lowest BCUT2D eigenvalue weighted by atomic mass is 10.2. The van der Waals surface area contributed by atoms with Crippen LogP contribution < -0.4 is 5.32 Å². The predicted molar refractivity (Wildman–Crippen MR) is 102 cm³/mol. The lowest BCUT2D eigenvalue weighted by Crippen LogP contribution is -2.38.